The molecule has 2 N–H and O–H groups in total. The van der Waals surface area contributed by atoms with Gasteiger partial charge in [0.2, 0.25) is 0 Å². The molecule has 1 saturated heterocycles. The highest BCUT2D eigenvalue weighted by atomic mass is 32.2. The van der Waals surface area contributed by atoms with E-state index in [1.54, 1.807) is 0 Å². The second kappa shape index (κ2) is 5.24. The van der Waals surface area contributed by atoms with Crippen molar-refractivity contribution < 1.29 is 8.42 Å². The van der Waals surface area contributed by atoms with Gasteiger partial charge in [0.25, 0.3) is 0 Å². The molecular formula is C12H24N2O2S. The van der Waals surface area contributed by atoms with Gasteiger partial charge in [0, 0.05) is 18.3 Å². The molecule has 100 valence electrons. The van der Waals surface area contributed by atoms with Gasteiger partial charge in [0.15, 0.2) is 0 Å². The summed E-state index contributed by atoms with van der Waals surface area (Å²) in [6.45, 7) is 2.09. The molecular weight excluding hydrogens is 236 g/mol. The lowest BCUT2D eigenvalue weighted by molar-refractivity contribution is 0.124. The summed E-state index contributed by atoms with van der Waals surface area (Å²) in [5.41, 5.74) is 5.90. The van der Waals surface area contributed by atoms with Crippen LogP contribution in [0.1, 0.15) is 38.5 Å². The van der Waals surface area contributed by atoms with E-state index >= 15 is 0 Å². The van der Waals surface area contributed by atoms with Gasteiger partial charge in [-0.3, -0.25) is 0 Å². The normalized spacial score (nSPS) is 33.8. The van der Waals surface area contributed by atoms with Crippen LogP contribution in [0, 0.1) is 0 Å². The summed E-state index contributed by atoms with van der Waals surface area (Å²) in [5.74, 6) is 0. The number of likely N-dealkylation sites (tertiary alicyclic amines) is 1. The molecule has 0 aromatic rings. The van der Waals surface area contributed by atoms with Crippen molar-refractivity contribution >= 4 is 9.84 Å². The molecule has 1 aliphatic carbocycles. The van der Waals surface area contributed by atoms with Gasteiger partial charge < -0.3 is 10.6 Å². The molecule has 1 aliphatic heterocycles. The van der Waals surface area contributed by atoms with Gasteiger partial charge in [-0.2, -0.15) is 0 Å². The molecule has 0 aromatic carbocycles. The molecule has 0 bridgehead atoms. The molecule has 0 radical (unpaired) electrons. The molecule has 2 rings (SSSR count). The van der Waals surface area contributed by atoms with E-state index in [0.717, 1.165) is 51.6 Å². The Morgan fingerprint density at radius 3 is 2.35 bits per heavy atom. The van der Waals surface area contributed by atoms with Crippen molar-refractivity contribution in [1.82, 2.24) is 4.90 Å². The Balaban J connectivity index is 1.93. The van der Waals surface area contributed by atoms with Crippen LogP contribution in [-0.2, 0) is 9.84 Å². The molecule has 1 saturated carbocycles. The van der Waals surface area contributed by atoms with E-state index in [2.05, 4.69) is 4.90 Å². The van der Waals surface area contributed by atoms with Crippen molar-refractivity contribution in [3.8, 4) is 0 Å². The predicted octanol–water partition coefficient (Wildman–Crippen LogP) is 0.765. The average Bonchev–Trinajstić information content (AvgIpc) is 2.29. The minimum atomic E-state index is -2.86. The van der Waals surface area contributed by atoms with E-state index < -0.39 is 9.84 Å². The maximum atomic E-state index is 11.6. The van der Waals surface area contributed by atoms with Crippen LogP contribution in [-0.4, -0.2) is 50.0 Å². The number of piperidine rings is 1. The largest absolute Gasteiger partial charge is 0.328 e. The average molecular weight is 260 g/mol. The smallest absolute Gasteiger partial charge is 0.150 e. The first-order valence-electron chi connectivity index (χ1n) is 6.65. The molecule has 17 heavy (non-hydrogen) atoms. The number of hydrogen-bond acceptors (Lipinski definition) is 4. The minimum Gasteiger partial charge on any atom is -0.328 e. The molecule has 1 heterocycles. The van der Waals surface area contributed by atoms with Crippen LogP contribution in [0.3, 0.4) is 0 Å². The van der Waals surface area contributed by atoms with Gasteiger partial charge in [-0.25, -0.2) is 8.42 Å². The summed E-state index contributed by atoms with van der Waals surface area (Å²) < 4.78 is 23.3. The first-order chi connectivity index (χ1) is 7.97. The first kappa shape index (κ1) is 13.3. The van der Waals surface area contributed by atoms with Crippen molar-refractivity contribution in [3.63, 3.8) is 0 Å². The van der Waals surface area contributed by atoms with E-state index in [9.17, 15) is 8.42 Å². The van der Waals surface area contributed by atoms with E-state index in [-0.39, 0.29) is 5.25 Å². The summed E-state index contributed by atoms with van der Waals surface area (Å²) in [7, 11) is -2.86. The third-order valence-corrected chi connectivity index (χ3v) is 5.93. The van der Waals surface area contributed by atoms with Crippen molar-refractivity contribution in [3.05, 3.63) is 0 Å². The second-order valence-corrected chi connectivity index (χ2v) is 7.97. The number of sulfone groups is 1. The number of nitrogens with zero attached hydrogens (tertiary/aromatic N) is 1. The van der Waals surface area contributed by atoms with Crippen molar-refractivity contribution in [2.75, 3.05) is 19.3 Å². The Labute approximate surface area is 104 Å². The van der Waals surface area contributed by atoms with Gasteiger partial charge in [-0.05, 0) is 45.2 Å². The summed E-state index contributed by atoms with van der Waals surface area (Å²) in [6, 6.07) is 0.816. The van der Waals surface area contributed by atoms with Crippen molar-refractivity contribution in [2.24, 2.45) is 5.73 Å². The van der Waals surface area contributed by atoms with Gasteiger partial charge in [0.1, 0.15) is 9.84 Å². The van der Waals surface area contributed by atoms with E-state index in [1.807, 2.05) is 0 Å². The summed E-state index contributed by atoms with van der Waals surface area (Å²) in [6.07, 6.45) is 7.37. The Bertz CT molecular complexity index is 348. The molecule has 2 unspecified atom stereocenters. The third-order valence-electron chi connectivity index (χ3n) is 4.29. The lowest BCUT2D eigenvalue weighted by atomic mass is 9.92. The summed E-state index contributed by atoms with van der Waals surface area (Å²) >= 11 is 0. The molecule has 5 heteroatoms. The Morgan fingerprint density at radius 2 is 1.76 bits per heavy atom. The Kier molecular flexibility index (Phi) is 4.10. The zero-order chi connectivity index (χ0) is 12.5. The van der Waals surface area contributed by atoms with Crippen LogP contribution in [0.15, 0.2) is 0 Å². The zero-order valence-electron chi connectivity index (χ0n) is 10.6. The highest BCUT2D eigenvalue weighted by Crippen LogP contribution is 2.28. The maximum absolute atomic E-state index is 11.6. The number of nitrogens with two attached hydrogens (primary N) is 1. The Morgan fingerprint density at radius 1 is 1.12 bits per heavy atom. The fourth-order valence-corrected chi connectivity index (χ4v) is 4.29. The number of rotatable bonds is 2. The molecule has 0 spiro atoms. The van der Waals surface area contributed by atoms with Crippen molar-refractivity contribution in [2.45, 2.75) is 55.9 Å². The first-order valence-corrected chi connectivity index (χ1v) is 8.61. The molecule has 2 aliphatic rings. The minimum absolute atomic E-state index is 0.114. The topological polar surface area (TPSA) is 63.4 Å². The van der Waals surface area contributed by atoms with Crippen LogP contribution >= 0.6 is 0 Å². The van der Waals surface area contributed by atoms with Crippen molar-refractivity contribution in [1.29, 1.82) is 0 Å². The van der Waals surface area contributed by atoms with Crippen LogP contribution < -0.4 is 5.73 Å². The van der Waals surface area contributed by atoms with E-state index in [4.69, 9.17) is 5.73 Å². The standard InChI is InChI=1S/C12H24N2O2S/c1-17(15,16)12-4-2-3-11(9-12)14-7-5-10(13)6-8-14/h10-12H,2-9,13H2,1H3. The van der Waals surface area contributed by atoms with Crippen LogP contribution in [0.5, 0.6) is 0 Å². The predicted molar refractivity (Wildman–Crippen MR) is 69.7 cm³/mol. The summed E-state index contributed by atoms with van der Waals surface area (Å²) in [5, 5.41) is -0.114. The van der Waals surface area contributed by atoms with Crippen LogP contribution in [0.2, 0.25) is 0 Å². The van der Waals surface area contributed by atoms with Crippen LogP contribution in [0.4, 0.5) is 0 Å². The lowest BCUT2D eigenvalue weighted by Crippen LogP contribution is -2.48. The van der Waals surface area contributed by atoms with Crippen LogP contribution in [0.25, 0.3) is 0 Å². The SMILES string of the molecule is CS(=O)(=O)C1CCCC(N2CCC(N)CC2)C1. The molecule has 2 atom stereocenters. The fourth-order valence-electron chi connectivity index (χ4n) is 3.13. The van der Waals surface area contributed by atoms with Gasteiger partial charge in [0.05, 0.1) is 5.25 Å². The molecule has 0 aromatic heterocycles. The van der Waals surface area contributed by atoms with E-state index in [0.29, 0.717) is 12.1 Å². The maximum Gasteiger partial charge on any atom is 0.150 e. The highest BCUT2D eigenvalue weighted by Gasteiger charge is 2.32. The van der Waals surface area contributed by atoms with E-state index in [1.165, 1.54) is 6.26 Å². The molecule has 0 amide bonds. The van der Waals surface area contributed by atoms with Gasteiger partial charge in [-0.15, -0.1) is 0 Å². The zero-order valence-corrected chi connectivity index (χ0v) is 11.5. The highest BCUT2D eigenvalue weighted by molar-refractivity contribution is 7.91. The summed E-state index contributed by atoms with van der Waals surface area (Å²) in [4.78, 5) is 2.46. The fraction of sp³-hybridized carbons (Fsp3) is 1.00. The quantitative estimate of drug-likeness (QED) is 0.796. The van der Waals surface area contributed by atoms with Gasteiger partial charge in [-0.1, -0.05) is 6.42 Å². The third kappa shape index (κ3) is 3.42. The second-order valence-electron chi connectivity index (χ2n) is 5.65. The molecule has 2 fully saturated rings. The Hall–Kier alpha value is -0.130. The lowest BCUT2D eigenvalue weighted by Gasteiger charge is -2.40. The molecule has 4 nitrogen and oxygen atoms in total. The van der Waals surface area contributed by atoms with Gasteiger partial charge >= 0.3 is 0 Å². The monoisotopic (exact) mass is 260 g/mol. The number of hydrogen-bond donors (Lipinski definition) is 1.